The van der Waals surface area contributed by atoms with E-state index < -0.39 is 0 Å². The molecule has 2 nitrogen and oxygen atoms in total. The summed E-state index contributed by atoms with van der Waals surface area (Å²) in [4.78, 5) is 0. The molecule has 0 spiro atoms. The monoisotopic (exact) mass is 215 g/mol. The van der Waals surface area contributed by atoms with Crippen LogP contribution >= 0.6 is 11.8 Å². The highest BCUT2D eigenvalue weighted by molar-refractivity contribution is 8.00. The minimum Gasteiger partial charge on any atom is -0.377 e. The third-order valence-electron chi connectivity index (χ3n) is 3.33. The first-order valence-electron chi connectivity index (χ1n) is 5.72. The summed E-state index contributed by atoms with van der Waals surface area (Å²) in [5, 5.41) is 3.56. The third kappa shape index (κ3) is 2.88. The summed E-state index contributed by atoms with van der Waals surface area (Å²) in [7, 11) is 0. The van der Waals surface area contributed by atoms with E-state index in [9.17, 15) is 0 Å². The Balaban J connectivity index is 1.58. The lowest BCUT2D eigenvalue weighted by Gasteiger charge is -2.23. The van der Waals surface area contributed by atoms with Crippen LogP contribution in [0.1, 0.15) is 32.1 Å². The molecule has 0 radical (unpaired) electrons. The van der Waals surface area contributed by atoms with Crippen molar-refractivity contribution in [3.8, 4) is 0 Å². The van der Waals surface area contributed by atoms with Gasteiger partial charge in [-0.3, -0.25) is 0 Å². The second-order valence-electron chi connectivity index (χ2n) is 4.51. The number of nitrogens with one attached hydrogen (secondary N) is 1. The molecule has 0 aromatic heterocycles. The predicted molar refractivity (Wildman–Crippen MR) is 61.9 cm³/mol. The Morgan fingerprint density at radius 2 is 2.29 bits per heavy atom. The Hall–Kier alpha value is 0.270. The smallest absolute Gasteiger partial charge is 0.0699 e. The molecule has 1 heterocycles. The molecule has 82 valence electrons. The molecule has 2 rings (SSSR count). The zero-order valence-corrected chi connectivity index (χ0v) is 9.87. The summed E-state index contributed by atoms with van der Waals surface area (Å²) in [5.74, 6) is 0. The van der Waals surface area contributed by atoms with Crippen LogP contribution in [0.25, 0.3) is 0 Å². The molecule has 3 heteroatoms. The molecule has 2 aliphatic rings. The van der Waals surface area contributed by atoms with E-state index in [1.165, 1.54) is 38.6 Å². The van der Waals surface area contributed by atoms with Crippen LogP contribution < -0.4 is 5.32 Å². The van der Waals surface area contributed by atoms with E-state index in [-0.39, 0.29) is 0 Å². The van der Waals surface area contributed by atoms with Crippen LogP contribution in [0.15, 0.2) is 0 Å². The van der Waals surface area contributed by atoms with Gasteiger partial charge in [0.1, 0.15) is 0 Å². The SMILES string of the molecule is CSC1(CNCC2CCCCO2)CC1. The first-order valence-corrected chi connectivity index (χ1v) is 6.95. The van der Waals surface area contributed by atoms with Gasteiger partial charge in [0.25, 0.3) is 0 Å². The van der Waals surface area contributed by atoms with Crippen LogP contribution in [0.5, 0.6) is 0 Å². The van der Waals surface area contributed by atoms with Crippen molar-refractivity contribution < 1.29 is 4.74 Å². The minimum absolute atomic E-state index is 0.487. The molecule has 1 saturated heterocycles. The fourth-order valence-corrected chi connectivity index (χ4v) is 2.78. The molecule has 1 aliphatic carbocycles. The third-order valence-corrected chi connectivity index (χ3v) is 4.75. The molecule has 0 bridgehead atoms. The Morgan fingerprint density at radius 1 is 1.43 bits per heavy atom. The van der Waals surface area contributed by atoms with Crippen molar-refractivity contribution in [2.75, 3.05) is 26.0 Å². The van der Waals surface area contributed by atoms with Gasteiger partial charge in [0.15, 0.2) is 0 Å². The maximum Gasteiger partial charge on any atom is 0.0699 e. The molecule has 1 aliphatic heterocycles. The van der Waals surface area contributed by atoms with Crippen molar-refractivity contribution in [1.29, 1.82) is 0 Å². The second-order valence-corrected chi connectivity index (χ2v) is 5.78. The molecule has 0 aromatic carbocycles. The number of ether oxygens (including phenoxy) is 1. The van der Waals surface area contributed by atoms with Crippen molar-refractivity contribution in [3.63, 3.8) is 0 Å². The van der Waals surface area contributed by atoms with Crippen LogP contribution in [0, 0.1) is 0 Å². The fourth-order valence-electron chi connectivity index (χ4n) is 2.02. The Morgan fingerprint density at radius 3 is 2.86 bits per heavy atom. The zero-order chi connectivity index (χ0) is 9.86. The molecule has 14 heavy (non-hydrogen) atoms. The second kappa shape index (κ2) is 4.86. The first-order chi connectivity index (χ1) is 6.85. The van der Waals surface area contributed by atoms with Crippen LogP contribution in [0.3, 0.4) is 0 Å². The normalized spacial score (nSPS) is 30.2. The topological polar surface area (TPSA) is 21.3 Å². The highest BCUT2D eigenvalue weighted by Crippen LogP contribution is 2.46. The van der Waals surface area contributed by atoms with Gasteiger partial charge in [-0.15, -0.1) is 0 Å². The molecule has 0 aromatic rings. The van der Waals surface area contributed by atoms with E-state index in [0.717, 1.165) is 13.2 Å². The van der Waals surface area contributed by atoms with E-state index in [1.54, 1.807) is 0 Å². The van der Waals surface area contributed by atoms with Gasteiger partial charge in [-0.25, -0.2) is 0 Å². The van der Waals surface area contributed by atoms with Crippen LogP contribution in [-0.2, 0) is 4.74 Å². The van der Waals surface area contributed by atoms with Crippen molar-refractivity contribution in [3.05, 3.63) is 0 Å². The molecule has 2 fully saturated rings. The summed E-state index contributed by atoms with van der Waals surface area (Å²) in [6.45, 7) is 3.20. The van der Waals surface area contributed by atoms with Gasteiger partial charge in [-0.1, -0.05) is 0 Å². The van der Waals surface area contributed by atoms with Crippen molar-refractivity contribution in [2.24, 2.45) is 0 Å². The molecular formula is C11H21NOS. The van der Waals surface area contributed by atoms with E-state index in [1.807, 2.05) is 11.8 Å². The molecular weight excluding hydrogens is 194 g/mol. The highest BCUT2D eigenvalue weighted by atomic mass is 32.2. The lowest BCUT2D eigenvalue weighted by atomic mass is 10.1. The number of thioether (sulfide) groups is 1. The molecule has 1 saturated carbocycles. The van der Waals surface area contributed by atoms with E-state index in [4.69, 9.17) is 4.74 Å². The maximum absolute atomic E-state index is 5.68. The van der Waals surface area contributed by atoms with Gasteiger partial charge in [0.2, 0.25) is 0 Å². The number of rotatable bonds is 5. The maximum atomic E-state index is 5.68. The average molecular weight is 215 g/mol. The summed E-state index contributed by atoms with van der Waals surface area (Å²) >= 11 is 2.02. The fraction of sp³-hybridized carbons (Fsp3) is 1.00. The van der Waals surface area contributed by atoms with E-state index in [2.05, 4.69) is 11.6 Å². The summed E-state index contributed by atoms with van der Waals surface area (Å²) < 4.78 is 6.27. The molecule has 1 unspecified atom stereocenters. The van der Waals surface area contributed by atoms with Crippen LogP contribution in [0.4, 0.5) is 0 Å². The summed E-state index contributed by atoms with van der Waals surface area (Å²) in [6, 6.07) is 0. The summed E-state index contributed by atoms with van der Waals surface area (Å²) in [5.41, 5.74) is 0. The van der Waals surface area contributed by atoms with Gasteiger partial charge >= 0.3 is 0 Å². The first kappa shape index (κ1) is 10.8. The standard InChI is InChI=1S/C11H21NOS/c1-14-11(5-6-11)9-12-8-10-4-2-3-7-13-10/h10,12H,2-9H2,1H3. The van der Waals surface area contributed by atoms with Crippen LogP contribution in [-0.4, -0.2) is 36.8 Å². The van der Waals surface area contributed by atoms with Crippen molar-refractivity contribution >= 4 is 11.8 Å². The van der Waals surface area contributed by atoms with Gasteiger partial charge in [0.05, 0.1) is 6.10 Å². The Kier molecular flexibility index (Phi) is 3.74. The summed E-state index contributed by atoms with van der Waals surface area (Å²) in [6.07, 6.45) is 9.36. The minimum atomic E-state index is 0.487. The highest BCUT2D eigenvalue weighted by Gasteiger charge is 2.41. The zero-order valence-electron chi connectivity index (χ0n) is 9.05. The van der Waals surface area contributed by atoms with E-state index in [0.29, 0.717) is 10.9 Å². The predicted octanol–water partition coefficient (Wildman–Crippen LogP) is 2.04. The quantitative estimate of drug-likeness (QED) is 0.758. The van der Waals surface area contributed by atoms with E-state index >= 15 is 0 Å². The molecule has 1 N–H and O–H groups in total. The number of hydrogen-bond donors (Lipinski definition) is 1. The van der Waals surface area contributed by atoms with Gasteiger partial charge in [-0.2, -0.15) is 11.8 Å². The van der Waals surface area contributed by atoms with Gasteiger partial charge in [0, 0.05) is 24.4 Å². The van der Waals surface area contributed by atoms with Gasteiger partial charge < -0.3 is 10.1 Å². The van der Waals surface area contributed by atoms with Crippen LogP contribution in [0.2, 0.25) is 0 Å². The molecule has 1 atom stereocenters. The lowest BCUT2D eigenvalue weighted by molar-refractivity contribution is 0.0170. The van der Waals surface area contributed by atoms with Crippen molar-refractivity contribution in [1.82, 2.24) is 5.32 Å². The van der Waals surface area contributed by atoms with Crippen molar-refractivity contribution in [2.45, 2.75) is 43.0 Å². The average Bonchev–Trinajstić information content (AvgIpc) is 3.00. The largest absolute Gasteiger partial charge is 0.377 e. The number of hydrogen-bond acceptors (Lipinski definition) is 3. The lowest BCUT2D eigenvalue weighted by Crippen LogP contribution is -2.35. The Bertz CT molecular complexity index is 176. The van der Waals surface area contributed by atoms with Gasteiger partial charge in [-0.05, 0) is 38.4 Å². The molecule has 0 amide bonds. The Labute approximate surface area is 91.2 Å².